The quantitative estimate of drug-likeness (QED) is 0.0274. The number of halogens is 3. The highest BCUT2D eigenvalue weighted by molar-refractivity contribution is 6.37. The molecule has 0 saturated carbocycles. The summed E-state index contributed by atoms with van der Waals surface area (Å²) >= 11 is 19.3. The maximum absolute atomic E-state index is 15.6. The number of carbonyl (C=O) groups excluding carboxylic acids is 6. The van der Waals surface area contributed by atoms with Gasteiger partial charge in [0.2, 0.25) is 0 Å². The van der Waals surface area contributed by atoms with Crippen molar-refractivity contribution in [1.82, 2.24) is 0 Å². The molecule has 7 aromatic carbocycles. The van der Waals surface area contributed by atoms with Crippen molar-refractivity contribution in [2.45, 2.75) is 105 Å². The Balaban J connectivity index is 1.46. The van der Waals surface area contributed by atoms with Gasteiger partial charge in [-0.3, -0.25) is 29.8 Å². The molecule has 87 heavy (non-hydrogen) atoms. The van der Waals surface area contributed by atoms with Gasteiger partial charge in [0, 0.05) is 33.0 Å². The molecule has 0 atom stereocenters. The predicted octanol–water partition coefficient (Wildman–Crippen LogP) is 18.4. The molecule has 0 spiro atoms. The zero-order chi connectivity index (χ0) is 64.2. The molecule has 0 saturated heterocycles. The van der Waals surface area contributed by atoms with Crippen molar-refractivity contribution < 1.29 is 67.0 Å². The monoisotopic (exact) mass is 1250 g/mol. The van der Waals surface area contributed by atoms with E-state index in [4.69, 9.17) is 63.2 Å². The molecule has 0 aromatic heterocycles. The molecule has 0 aliphatic rings. The second-order valence-electron chi connectivity index (χ2n) is 22.8. The van der Waals surface area contributed by atoms with E-state index < -0.39 is 113 Å². The van der Waals surface area contributed by atoms with Gasteiger partial charge >= 0.3 is 24.5 Å². The van der Waals surface area contributed by atoms with Gasteiger partial charge in [0.05, 0.1) is 37.4 Å². The van der Waals surface area contributed by atoms with E-state index in [0.717, 1.165) is 30.3 Å². The number of carbonyl (C=O) groups is 6. The Bertz CT molecular complexity index is 4030. The van der Waals surface area contributed by atoms with E-state index in [0.29, 0.717) is 9.80 Å². The lowest BCUT2D eigenvalue weighted by Gasteiger charge is -2.29. The third-order valence-electron chi connectivity index (χ3n) is 11.3. The fourth-order valence-electron chi connectivity index (χ4n) is 7.98. The van der Waals surface area contributed by atoms with Crippen LogP contribution in [0.25, 0.3) is 21.5 Å². The summed E-state index contributed by atoms with van der Waals surface area (Å²) in [5.41, 5.74) is -9.28. The van der Waals surface area contributed by atoms with Gasteiger partial charge in [-0.15, -0.1) is 20.5 Å². The summed E-state index contributed by atoms with van der Waals surface area (Å²) in [5, 5.41) is 41.6. The average Bonchev–Trinajstić information content (AvgIpc) is 0.862. The van der Waals surface area contributed by atoms with Crippen molar-refractivity contribution in [3.63, 3.8) is 0 Å². The number of hydrogen-bond donors (Lipinski definition) is 0. The number of nitro benzene ring substituents is 2. The highest BCUT2D eigenvalue weighted by atomic mass is 35.5. The molecule has 0 fully saturated rings. The Morgan fingerprint density at radius 2 is 0.839 bits per heavy atom. The van der Waals surface area contributed by atoms with Crippen LogP contribution in [0.4, 0.5) is 64.7 Å². The number of anilines is 2. The summed E-state index contributed by atoms with van der Waals surface area (Å²) in [7, 11) is 0. The molecule has 0 heterocycles. The average molecular weight is 1250 g/mol. The zero-order valence-electron chi connectivity index (χ0n) is 48.7. The van der Waals surface area contributed by atoms with E-state index in [1.54, 1.807) is 57.2 Å². The van der Waals surface area contributed by atoms with Crippen molar-refractivity contribution in [2.24, 2.45) is 20.5 Å². The smallest absolute Gasteiger partial charge is 0.443 e. The number of imide groups is 2. The van der Waals surface area contributed by atoms with Crippen LogP contribution in [0.5, 0.6) is 11.5 Å². The minimum Gasteiger partial charge on any atom is -0.443 e. The van der Waals surface area contributed by atoms with E-state index in [2.05, 4.69) is 20.5 Å². The van der Waals surface area contributed by atoms with E-state index in [1.165, 1.54) is 111 Å². The van der Waals surface area contributed by atoms with Gasteiger partial charge in [-0.1, -0.05) is 83.3 Å². The summed E-state index contributed by atoms with van der Waals surface area (Å²) in [6.45, 7) is 18.3. The number of nitro groups is 2. The predicted molar refractivity (Wildman–Crippen MR) is 324 cm³/mol. The number of rotatable bonds is 12. The Hall–Kier alpha value is -9.65. The van der Waals surface area contributed by atoms with Gasteiger partial charge in [0.25, 0.3) is 23.2 Å². The molecular formula is C60H55Cl3N8O16. The summed E-state index contributed by atoms with van der Waals surface area (Å²) < 4.78 is 34.2. The molecule has 7 rings (SSSR count). The van der Waals surface area contributed by atoms with E-state index in [-0.39, 0.29) is 60.0 Å². The molecular weight excluding hydrogens is 1200 g/mol. The first-order chi connectivity index (χ1) is 40.5. The van der Waals surface area contributed by atoms with Crippen LogP contribution >= 0.6 is 34.8 Å². The molecule has 0 aliphatic carbocycles. The van der Waals surface area contributed by atoms with Crippen molar-refractivity contribution in [3.8, 4) is 11.5 Å². The Morgan fingerprint density at radius 1 is 0.460 bits per heavy atom. The van der Waals surface area contributed by atoms with Crippen LogP contribution in [0.15, 0.2) is 136 Å². The van der Waals surface area contributed by atoms with Crippen LogP contribution in [-0.2, 0) is 18.9 Å². The highest BCUT2D eigenvalue weighted by Gasteiger charge is 2.39. The number of hydrogen-bond acceptors (Lipinski definition) is 20. The largest absolute Gasteiger partial charge is 0.514 e. The van der Waals surface area contributed by atoms with Gasteiger partial charge in [0.1, 0.15) is 33.8 Å². The molecule has 0 unspecified atom stereocenters. The van der Waals surface area contributed by atoms with Crippen molar-refractivity contribution >= 4 is 138 Å². The third-order valence-corrected chi connectivity index (χ3v) is 12.1. The number of benzene rings is 7. The Labute approximate surface area is 511 Å². The van der Waals surface area contributed by atoms with Crippen molar-refractivity contribution in [3.05, 3.63) is 162 Å². The van der Waals surface area contributed by atoms with Crippen LogP contribution in [0.1, 0.15) is 104 Å². The van der Waals surface area contributed by atoms with E-state index in [9.17, 15) is 39.4 Å². The van der Waals surface area contributed by atoms with Crippen LogP contribution < -0.4 is 19.3 Å². The zero-order valence-corrected chi connectivity index (χ0v) is 51.0. The third kappa shape index (κ3) is 16.2. The Kier molecular flexibility index (Phi) is 19.0. The second kappa shape index (κ2) is 25.5. The normalized spacial score (nSPS) is 12.0. The highest BCUT2D eigenvalue weighted by Crippen LogP contribution is 2.46. The fraction of sp³-hybridized carbons (Fsp3) is 0.267. The van der Waals surface area contributed by atoms with Gasteiger partial charge in [-0.2, -0.15) is 0 Å². The Morgan fingerprint density at radius 3 is 1.22 bits per heavy atom. The molecule has 0 radical (unpaired) electrons. The van der Waals surface area contributed by atoms with Crippen LogP contribution in [0, 0.1) is 20.2 Å². The summed E-state index contributed by atoms with van der Waals surface area (Å²) in [6.07, 6.45) is -5.40. The molecule has 0 N–H and O–H groups in total. The summed E-state index contributed by atoms with van der Waals surface area (Å²) in [6, 6.07) is 25.4. The number of ether oxygens (including phenoxy) is 6. The SMILES string of the molecule is CC(C)(C)OC(=O)Oc1c(C(=O)N(C(=O)OC(C)(C)C)c2ccc(N(C(=O)OC(C)(C)C)C(=O)c3cc4ccccc4c(/N=N/c4ccc(Cl)cc4[N+](=O)[O-])c3OC(=O)OC(C)(C)C)c(Cl)c2)cc2ccccc2c1/N=N/c1ccc(Cl)cc1[N+](=O)[O-]. The first-order valence-corrected chi connectivity index (χ1v) is 27.2. The first kappa shape index (κ1) is 64.9. The lowest BCUT2D eigenvalue weighted by molar-refractivity contribution is -0.384. The number of azo groups is 2. The second-order valence-corrected chi connectivity index (χ2v) is 24.1. The van der Waals surface area contributed by atoms with Gasteiger partial charge in [-0.05, 0) is 148 Å². The van der Waals surface area contributed by atoms with Gasteiger partial charge in [0.15, 0.2) is 22.9 Å². The first-order valence-electron chi connectivity index (χ1n) is 26.1. The van der Waals surface area contributed by atoms with Crippen LogP contribution in [0.3, 0.4) is 0 Å². The lowest BCUT2D eigenvalue weighted by atomic mass is 10.0. The molecule has 4 amide bonds. The minimum absolute atomic E-state index is 0.0105. The maximum atomic E-state index is 15.6. The van der Waals surface area contributed by atoms with Crippen LogP contribution in [-0.4, -0.2) is 68.6 Å². The van der Waals surface area contributed by atoms with E-state index >= 15 is 9.59 Å². The fourth-order valence-corrected chi connectivity index (χ4v) is 8.57. The van der Waals surface area contributed by atoms with Crippen molar-refractivity contribution in [1.29, 1.82) is 0 Å². The number of amides is 4. The summed E-state index contributed by atoms with van der Waals surface area (Å²) in [5.74, 6) is -3.85. The van der Waals surface area contributed by atoms with Gasteiger partial charge < -0.3 is 28.4 Å². The van der Waals surface area contributed by atoms with Crippen LogP contribution in [0.2, 0.25) is 15.1 Å². The summed E-state index contributed by atoms with van der Waals surface area (Å²) in [4.78, 5) is 112. The molecule has 24 nitrogen and oxygen atoms in total. The number of fused-ring (bicyclic) bond motifs is 2. The molecule has 0 aliphatic heterocycles. The molecule has 452 valence electrons. The molecule has 27 heteroatoms. The standard InChI is InChI=1S/C60H55Cl3N8O16/c1-57(2,3)84-53(74)68(51(72)39-27-32-17-13-15-19-37(32)47(49(39)82-55(76)86-59(7,8)9)66-64-42-24-21-34(61)29-45(42)70(78)79)36-23-26-44(41(63)31-36)69(54(75)85-58(4,5)6)52(73)40-28-33-18-14-16-20-38(33)48(50(40)83-56(77)87-60(10,11)12)67-65-43-25-22-35(62)30-46(43)71(80)81/h13-31H,1-12H3/b66-64+,67-65+. The van der Waals surface area contributed by atoms with Gasteiger partial charge in [-0.25, -0.2) is 29.0 Å². The van der Waals surface area contributed by atoms with E-state index in [1.807, 2.05) is 0 Å². The molecule has 0 bridgehead atoms. The lowest BCUT2D eigenvalue weighted by Crippen LogP contribution is -2.42. The van der Waals surface area contributed by atoms with Crippen molar-refractivity contribution in [2.75, 3.05) is 9.80 Å². The topological polar surface area (TPSA) is 300 Å². The number of nitrogens with zero attached hydrogens (tertiary/aromatic N) is 8. The maximum Gasteiger partial charge on any atom is 0.514 e. The minimum atomic E-state index is -1.36. The molecule has 7 aromatic rings.